The van der Waals surface area contributed by atoms with Crippen LogP contribution in [0.4, 0.5) is 4.39 Å². The number of halogens is 1. The largest absolute Gasteiger partial charge is 0.477 e. The van der Waals surface area contributed by atoms with Crippen LogP contribution in [0.3, 0.4) is 0 Å². The minimum atomic E-state index is -1.06. The van der Waals surface area contributed by atoms with E-state index < -0.39 is 5.97 Å². The number of carbonyl (C=O) groups is 1. The quantitative estimate of drug-likeness (QED) is 0.860. The van der Waals surface area contributed by atoms with Gasteiger partial charge in [0, 0.05) is 5.56 Å². The second-order valence-electron chi connectivity index (χ2n) is 4.15. The van der Waals surface area contributed by atoms with E-state index in [0.717, 1.165) is 0 Å². The predicted octanol–water partition coefficient (Wildman–Crippen LogP) is 2.88. The summed E-state index contributed by atoms with van der Waals surface area (Å²) in [6, 6.07) is 6.03. The Bertz CT molecular complexity index is 647. The van der Waals surface area contributed by atoms with Crippen molar-refractivity contribution >= 4 is 5.97 Å². The highest BCUT2D eigenvalue weighted by atomic mass is 19.1. The SMILES string of the molecule is C=CCn1nc(-c2ccc(F)c(C)c2)cc1C(=O)O. The first-order valence-electron chi connectivity index (χ1n) is 5.71. The van der Waals surface area contributed by atoms with Crippen molar-refractivity contribution in [3.8, 4) is 11.3 Å². The summed E-state index contributed by atoms with van der Waals surface area (Å²) in [6.45, 7) is 5.52. The Morgan fingerprint density at radius 2 is 2.26 bits per heavy atom. The Balaban J connectivity index is 2.50. The van der Waals surface area contributed by atoms with E-state index in [1.165, 1.54) is 16.8 Å². The van der Waals surface area contributed by atoms with Crippen molar-refractivity contribution in [2.45, 2.75) is 13.5 Å². The van der Waals surface area contributed by atoms with E-state index in [-0.39, 0.29) is 11.5 Å². The highest BCUT2D eigenvalue weighted by Crippen LogP contribution is 2.22. The molecule has 1 aromatic carbocycles. The van der Waals surface area contributed by atoms with Gasteiger partial charge in [-0.05, 0) is 36.8 Å². The molecule has 0 aliphatic heterocycles. The molecule has 0 radical (unpaired) electrons. The molecule has 19 heavy (non-hydrogen) atoms. The Morgan fingerprint density at radius 3 is 2.84 bits per heavy atom. The van der Waals surface area contributed by atoms with Crippen LogP contribution >= 0.6 is 0 Å². The van der Waals surface area contributed by atoms with Crippen LogP contribution < -0.4 is 0 Å². The Labute approximate surface area is 109 Å². The van der Waals surface area contributed by atoms with E-state index in [1.54, 1.807) is 25.1 Å². The topological polar surface area (TPSA) is 55.1 Å². The van der Waals surface area contributed by atoms with Crippen LogP contribution in [0.1, 0.15) is 16.1 Å². The van der Waals surface area contributed by atoms with Crippen LogP contribution in [-0.2, 0) is 6.54 Å². The molecule has 1 heterocycles. The number of hydrogen-bond donors (Lipinski definition) is 1. The third-order valence-electron chi connectivity index (χ3n) is 2.75. The normalized spacial score (nSPS) is 10.4. The molecule has 0 unspecified atom stereocenters. The van der Waals surface area contributed by atoms with Gasteiger partial charge >= 0.3 is 5.97 Å². The van der Waals surface area contributed by atoms with E-state index >= 15 is 0 Å². The van der Waals surface area contributed by atoms with Crippen LogP contribution in [0.25, 0.3) is 11.3 Å². The summed E-state index contributed by atoms with van der Waals surface area (Å²) in [5.41, 5.74) is 1.76. The second kappa shape index (κ2) is 5.06. The van der Waals surface area contributed by atoms with Gasteiger partial charge in [0.15, 0.2) is 0 Å². The van der Waals surface area contributed by atoms with Gasteiger partial charge in [0.25, 0.3) is 0 Å². The van der Waals surface area contributed by atoms with Gasteiger partial charge in [-0.1, -0.05) is 6.08 Å². The van der Waals surface area contributed by atoms with Gasteiger partial charge in [0.05, 0.1) is 12.2 Å². The molecule has 1 aromatic heterocycles. The molecule has 2 aromatic rings. The van der Waals surface area contributed by atoms with Crippen LogP contribution in [0, 0.1) is 12.7 Å². The molecule has 0 aliphatic carbocycles. The van der Waals surface area contributed by atoms with E-state index in [0.29, 0.717) is 23.4 Å². The van der Waals surface area contributed by atoms with Crippen molar-refractivity contribution in [2.24, 2.45) is 0 Å². The zero-order chi connectivity index (χ0) is 14.0. The molecule has 0 bridgehead atoms. The molecule has 4 nitrogen and oxygen atoms in total. The summed E-state index contributed by atoms with van der Waals surface area (Å²) in [6.07, 6.45) is 1.57. The first-order chi connectivity index (χ1) is 9.02. The highest BCUT2D eigenvalue weighted by Gasteiger charge is 2.14. The maximum atomic E-state index is 13.2. The molecular weight excluding hydrogens is 247 g/mol. The molecule has 0 amide bonds. The van der Waals surface area contributed by atoms with Gasteiger partial charge in [-0.15, -0.1) is 6.58 Å². The number of aryl methyl sites for hydroxylation is 1. The third-order valence-corrected chi connectivity index (χ3v) is 2.75. The summed E-state index contributed by atoms with van der Waals surface area (Å²) in [4.78, 5) is 11.1. The standard InChI is InChI=1S/C14H13FN2O2/c1-3-6-17-13(14(18)19)8-12(16-17)10-4-5-11(15)9(2)7-10/h3-5,7-8H,1,6H2,2H3,(H,18,19). The number of hydrogen-bond acceptors (Lipinski definition) is 2. The fourth-order valence-electron chi connectivity index (χ4n) is 1.80. The predicted molar refractivity (Wildman–Crippen MR) is 69.5 cm³/mol. The number of carboxylic acid groups (broad SMARTS) is 1. The van der Waals surface area contributed by atoms with E-state index in [2.05, 4.69) is 11.7 Å². The smallest absolute Gasteiger partial charge is 0.354 e. The van der Waals surface area contributed by atoms with Gasteiger partial charge in [-0.2, -0.15) is 5.10 Å². The first-order valence-corrected chi connectivity index (χ1v) is 5.71. The lowest BCUT2D eigenvalue weighted by Gasteiger charge is -2.00. The van der Waals surface area contributed by atoms with E-state index in [9.17, 15) is 9.18 Å². The molecule has 0 fully saturated rings. The lowest BCUT2D eigenvalue weighted by atomic mass is 10.1. The summed E-state index contributed by atoms with van der Waals surface area (Å²) in [5, 5.41) is 13.3. The number of rotatable bonds is 4. The summed E-state index contributed by atoms with van der Waals surface area (Å²) in [7, 11) is 0. The number of nitrogens with zero attached hydrogens (tertiary/aromatic N) is 2. The molecule has 0 spiro atoms. The maximum Gasteiger partial charge on any atom is 0.354 e. The summed E-state index contributed by atoms with van der Waals surface area (Å²) in [5.74, 6) is -1.35. The monoisotopic (exact) mass is 260 g/mol. The van der Waals surface area contributed by atoms with Gasteiger partial charge in [0.1, 0.15) is 11.5 Å². The van der Waals surface area contributed by atoms with E-state index in [1.807, 2.05) is 0 Å². The molecule has 5 heteroatoms. The number of carboxylic acids is 1. The van der Waals surface area contributed by atoms with Gasteiger partial charge in [-0.3, -0.25) is 4.68 Å². The Kier molecular flexibility index (Phi) is 3.46. The summed E-state index contributed by atoms with van der Waals surface area (Å²) < 4.78 is 14.6. The van der Waals surface area contributed by atoms with Crippen LogP contribution in [-0.4, -0.2) is 20.9 Å². The number of allylic oxidation sites excluding steroid dienone is 1. The molecular formula is C14H13FN2O2. The van der Waals surface area contributed by atoms with Crippen LogP contribution in [0.2, 0.25) is 0 Å². The zero-order valence-corrected chi connectivity index (χ0v) is 10.4. The molecule has 1 N–H and O–H groups in total. The minimum absolute atomic E-state index is 0.0804. The van der Waals surface area contributed by atoms with Crippen LogP contribution in [0.15, 0.2) is 36.9 Å². The average molecular weight is 260 g/mol. The van der Waals surface area contributed by atoms with E-state index in [4.69, 9.17) is 5.11 Å². The molecule has 0 atom stereocenters. The number of benzene rings is 1. The van der Waals surface area contributed by atoms with Gasteiger partial charge in [0.2, 0.25) is 0 Å². The second-order valence-corrected chi connectivity index (χ2v) is 4.15. The zero-order valence-electron chi connectivity index (χ0n) is 10.4. The number of aromatic nitrogens is 2. The fourth-order valence-corrected chi connectivity index (χ4v) is 1.80. The molecule has 0 saturated heterocycles. The van der Waals surface area contributed by atoms with Crippen molar-refractivity contribution in [2.75, 3.05) is 0 Å². The van der Waals surface area contributed by atoms with Crippen LogP contribution in [0.5, 0.6) is 0 Å². The molecule has 98 valence electrons. The van der Waals surface area contributed by atoms with Crippen molar-refractivity contribution in [3.05, 3.63) is 54.0 Å². The lowest BCUT2D eigenvalue weighted by molar-refractivity contribution is 0.0684. The lowest BCUT2D eigenvalue weighted by Crippen LogP contribution is -2.08. The first kappa shape index (κ1) is 13.0. The highest BCUT2D eigenvalue weighted by molar-refractivity contribution is 5.87. The molecule has 2 rings (SSSR count). The van der Waals surface area contributed by atoms with Gasteiger partial charge < -0.3 is 5.11 Å². The molecule has 0 aliphatic rings. The minimum Gasteiger partial charge on any atom is -0.477 e. The maximum absolute atomic E-state index is 13.2. The Hall–Kier alpha value is -2.43. The Morgan fingerprint density at radius 1 is 1.53 bits per heavy atom. The fraction of sp³-hybridized carbons (Fsp3) is 0.143. The van der Waals surface area contributed by atoms with Crippen molar-refractivity contribution in [1.29, 1.82) is 0 Å². The molecule has 0 saturated carbocycles. The average Bonchev–Trinajstić information content (AvgIpc) is 2.77. The number of aromatic carboxylic acids is 1. The van der Waals surface area contributed by atoms with Crippen molar-refractivity contribution in [1.82, 2.24) is 9.78 Å². The summed E-state index contributed by atoms with van der Waals surface area (Å²) >= 11 is 0. The third kappa shape index (κ3) is 2.54. The van der Waals surface area contributed by atoms with Gasteiger partial charge in [-0.25, -0.2) is 9.18 Å². The van der Waals surface area contributed by atoms with Crippen molar-refractivity contribution < 1.29 is 14.3 Å². The van der Waals surface area contributed by atoms with Crippen molar-refractivity contribution in [3.63, 3.8) is 0 Å².